The van der Waals surface area contributed by atoms with Crippen molar-refractivity contribution in [2.75, 3.05) is 38.5 Å². The number of carbonyl (C=O) groups excluding carboxylic acids is 1. The number of nitrogens with zero attached hydrogens (tertiary/aromatic N) is 4. The van der Waals surface area contributed by atoms with Crippen molar-refractivity contribution in [2.45, 2.75) is 44.6 Å². The number of likely N-dealkylation sites (N-methyl/N-ethyl adjacent to an activating group) is 1. The summed E-state index contributed by atoms with van der Waals surface area (Å²) in [5.74, 6) is 0.776. The summed E-state index contributed by atoms with van der Waals surface area (Å²) in [6, 6.07) is 4.18. The molecule has 1 aromatic rings. The van der Waals surface area contributed by atoms with Gasteiger partial charge in [-0.15, -0.1) is 10.2 Å². The summed E-state index contributed by atoms with van der Waals surface area (Å²) in [7, 11) is 2.08. The maximum atomic E-state index is 12.4. The van der Waals surface area contributed by atoms with Gasteiger partial charge in [0.1, 0.15) is 5.82 Å². The molecule has 0 bridgehead atoms. The quantitative estimate of drug-likeness (QED) is 0.864. The zero-order valence-corrected chi connectivity index (χ0v) is 14.0. The van der Waals surface area contributed by atoms with Crippen molar-refractivity contribution in [3.05, 3.63) is 17.8 Å². The maximum Gasteiger partial charge on any atom is 0.274 e. The standard InChI is InChI=1S/C17H27N5O/c1-21-10-12-22(13-11-21)17(23)15-8-9-16(20-19-15)18-14-6-4-2-3-5-7-14/h8-9,14H,2-7,10-13H2,1H3,(H,18,20). The van der Waals surface area contributed by atoms with E-state index in [0.717, 1.165) is 32.0 Å². The molecule has 0 aromatic carbocycles. The molecule has 2 fully saturated rings. The highest BCUT2D eigenvalue weighted by Gasteiger charge is 2.21. The highest BCUT2D eigenvalue weighted by Crippen LogP contribution is 2.20. The van der Waals surface area contributed by atoms with Crippen LogP contribution in [0.15, 0.2) is 12.1 Å². The number of anilines is 1. The van der Waals surface area contributed by atoms with Gasteiger partial charge in [0.25, 0.3) is 5.91 Å². The molecule has 0 unspecified atom stereocenters. The average molecular weight is 317 g/mol. The molecular weight excluding hydrogens is 290 g/mol. The Morgan fingerprint density at radius 1 is 1.04 bits per heavy atom. The monoisotopic (exact) mass is 317 g/mol. The molecule has 1 amide bonds. The van der Waals surface area contributed by atoms with Gasteiger partial charge in [0.05, 0.1) is 0 Å². The fourth-order valence-corrected chi connectivity index (χ4v) is 3.33. The Balaban J connectivity index is 1.56. The van der Waals surface area contributed by atoms with Crippen LogP contribution >= 0.6 is 0 Å². The molecule has 6 heteroatoms. The van der Waals surface area contributed by atoms with Crippen molar-refractivity contribution in [2.24, 2.45) is 0 Å². The zero-order valence-electron chi connectivity index (χ0n) is 14.0. The minimum Gasteiger partial charge on any atom is -0.366 e. The van der Waals surface area contributed by atoms with Crippen LogP contribution in [-0.2, 0) is 0 Å². The van der Waals surface area contributed by atoms with Gasteiger partial charge in [-0.3, -0.25) is 4.79 Å². The van der Waals surface area contributed by atoms with E-state index in [9.17, 15) is 4.79 Å². The third-order valence-electron chi connectivity index (χ3n) is 4.88. The van der Waals surface area contributed by atoms with Crippen molar-refractivity contribution >= 4 is 11.7 Å². The van der Waals surface area contributed by atoms with E-state index in [2.05, 4.69) is 27.5 Å². The molecule has 2 aliphatic rings. The van der Waals surface area contributed by atoms with Crippen molar-refractivity contribution in [1.82, 2.24) is 20.0 Å². The van der Waals surface area contributed by atoms with Crippen LogP contribution in [0.5, 0.6) is 0 Å². The normalized spacial score (nSPS) is 21.0. The predicted octanol–water partition coefficient (Wildman–Crippen LogP) is 2.00. The molecule has 1 saturated heterocycles. The predicted molar refractivity (Wildman–Crippen MR) is 90.5 cm³/mol. The van der Waals surface area contributed by atoms with Crippen LogP contribution < -0.4 is 5.32 Å². The van der Waals surface area contributed by atoms with Gasteiger partial charge in [0.2, 0.25) is 0 Å². The molecule has 1 aliphatic carbocycles. The molecule has 23 heavy (non-hydrogen) atoms. The van der Waals surface area contributed by atoms with E-state index in [0.29, 0.717) is 11.7 Å². The Kier molecular flexibility index (Phi) is 5.43. The topological polar surface area (TPSA) is 61.4 Å². The number of hydrogen-bond acceptors (Lipinski definition) is 5. The van der Waals surface area contributed by atoms with Gasteiger partial charge in [-0.25, -0.2) is 0 Å². The second-order valence-corrected chi connectivity index (χ2v) is 6.73. The molecule has 0 radical (unpaired) electrons. The SMILES string of the molecule is CN1CCN(C(=O)c2ccc(NC3CCCCCC3)nn2)CC1. The van der Waals surface area contributed by atoms with E-state index >= 15 is 0 Å². The number of amides is 1. The first-order chi connectivity index (χ1) is 11.2. The van der Waals surface area contributed by atoms with Crippen LogP contribution in [0.3, 0.4) is 0 Å². The fourth-order valence-electron chi connectivity index (χ4n) is 3.33. The first-order valence-electron chi connectivity index (χ1n) is 8.80. The molecule has 1 saturated carbocycles. The van der Waals surface area contributed by atoms with Gasteiger partial charge in [0.15, 0.2) is 5.69 Å². The molecule has 2 heterocycles. The van der Waals surface area contributed by atoms with Crippen molar-refractivity contribution < 1.29 is 4.79 Å². The first kappa shape index (κ1) is 16.2. The van der Waals surface area contributed by atoms with Gasteiger partial charge in [-0.05, 0) is 32.0 Å². The van der Waals surface area contributed by atoms with E-state index in [1.165, 1.54) is 38.5 Å². The highest BCUT2D eigenvalue weighted by atomic mass is 16.2. The van der Waals surface area contributed by atoms with Crippen LogP contribution in [-0.4, -0.2) is 65.2 Å². The van der Waals surface area contributed by atoms with Crippen molar-refractivity contribution in [3.8, 4) is 0 Å². The third kappa shape index (κ3) is 4.41. The number of piperazine rings is 1. The van der Waals surface area contributed by atoms with E-state index < -0.39 is 0 Å². The molecule has 0 atom stereocenters. The van der Waals surface area contributed by atoms with Crippen LogP contribution in [0, 0.1) is 0 Å². The summed E-state index contributed by atoms with van der Waals surface area (Å²) in [4.78, 5) is 16.5. The number of hydrogen-bond donors (Lipinski definition) is 1. The maximum absolute atomic E-state index is 12.4. The van der Waals surface area contributed by atoms with Crippen molar-refractivity contribution in [1.29, 1.82) is 0 Å². The second kappa shape index (κ2) is 7.73. The number of rotatable bonds is 3. The Bertz CT molecular complexity index is 502. The average Bonchev–Trinajstić information content (AvgIpc) is 2.84. The summed E-state index contributed by atoms with van der Waals surface area (Å²) >= 11 is 0. The zero-order chi connectivity index (χ0) is 16.1. The second-order valence-electron chi connectivity index (χ2n) is 6.73. The van der Waals surface area contributed by atoms with E-state index in [1.54, 1.807) is 6.07 Å². The third-order valence-corrected chi connectivity index (χ3v) is 4.88. The number of nitrogens with one attached hydrogen (secondary N) is 1. The number of aromatic nitrogens is 2. The molecule has 1 N–H and O–H groups in total. The van der Waals surface area contributed by atoms with E-state index in [1.807, 2.05) is 11.0 Å². The van der Waals surface area contributed by atoms with E-state index in [4.69, 9.17) is 0 Å². The molecule has 1 aliphatic heterocycles. The number of carbonyl (C=O) groups is 1. The summed E-state index contributed by atoms with van der Waals surface area (Å²) in [6.45, 7) is 3.36. The Morgan fingerprint density at radius 3 is 2.35 bits per heavy atom. The Labute approximate surface area is 138 Å². The minimum atomic E-state index is -0.00776. The largest absolute Gasteiger partial charge is 0.366 e. The summed E-state index contributed by atoms with van der Waals surface area (Å²) in [6.07, 6.45) is 7.63. The van der Waals surface area contributed by atoms with Gasteiger partial charge in [-0.2, -0.15) is 0 Å². The first-order valence-corrected chi connectivity index (χ1v) is 8.80. The Morgan fingerprint density at radius 2 is 1.74 bits per heavy atom. The lowest BCUT2D eigenvalue weighted by molar-refractivity contribution is 0.0657. The molecule has 126 valence electrons. The summed E-state index contributed by atoms with van der Waals surface area (Å²) < 4.78 is 0. The fraction of sp³-hybridized carbons (Fsp3) is 0.706. The van der Waals surface area contributed by atoms with E-state index in [-0.39, 0.29) is 5.91 Å². The van der Waals surface area contributed by atoms with Crippen molar-refractivity contribution in [3.63, 3.8) is 0 Å². The smallest absolute Gasteiger partial charge is 0.274 e. The molecule has 6 nitrogen and oxygen atoms in total. The van der Waals surface area contributed by atoms with Gasteiger partial charge in [0, 0.05) is 32.2 Å². The van der Waals surface area contributed by atoms with Crippen LogP contribution in [0.4, 0.5) is 5.82 Å². The summed E-state index contributed by atoms with van der Waals surface area (Å²) in [5.41, 5.74) is 0.445. The lowest BCUT2D eigenvalue weighted by atomic mass is 10.1. The Hall–Kier alpha value is -1.69. The summed E-state index contributed by atoms with van der Waals surface area (Å²) in [5, 5.41) is 11.8. The van der Waals surface area contributed by atoms with Gasteiger partial charge in [-0.1, -0.05) is 25.7 Å². The molecular formula is C17H27N5O. The lowest BCUT2D eigenvalue weighted by Gasteiger charge is -2.32. The minimum absolute atomic E-state index is 0.00776. The highest BCUT2D eigenvalue weighted by molar-refractivity contribution is 5.92. The van der Waals surface area contributed by atoms with Gasteiger partial charge < -0.3 is 15.1 Å². The molecule has 3 rings (SSSR count). The van der Waals surface area contributed by atoms with Crippen LogP contribution in [0.1, 0.15) is 49.0 Å². The van der Waals surface area contributed by atoms with Gasteiger partial charge >= 0.3 is 0 Å². The van der Waals surface area contributed by atoms with Crippen LogP contribution in [0.25, 0.3) is 0 Å². The molecule has 0 spiro atoms. The molecule has 1 aromatic heterocycles. The van der Waals surface area contributed by atoms with Crippen LogP contribution in [0.2, 0.25) is 0 Å². The lowest BCUT2D eigenvalue weighted by Crippen LogP contribution is -2.47.